The van der Waals surface area contributed by atoms with E-state index < -0.39 is 0 Å². The van der Waals surface area contributed by atoms with E-state index in [0.29, 0.717) is 12.2 Å². The number of carbonyl (C=O) groups is 1. The third-order valence-electron chi connectivity index (χ3n) is 2.13. The molecule has 2 nitrogen and oxygen atoms in total. The van der Waals surface area contributed by atoms with Crippen molar-refractivity contribution in [3.63, 3.8) is 0 Å². The lowest BCUT2D eigenvalue weighted by atomic mass is 10.2. The van der Waals surface area contributed by atoms with Crippen LogP contribution in [0, 0.1) is 0 Å². The van der Waals surface area contributed by atoms with E-state index in [0.717, 1.165) is 14.7 Å². The highest BCUT2D eigenvalue weighted by atomic mass is 79.9. The molecule has 1 unspecified atom stereocenters. The van der Waals surface area contributed by atoms with Gasteiger partial charge in [0.15, 0.2) is 0 Å². The van der Waals surface area contributed by atoms with Crippen molar-refractivity contribution in [2.45, 2.75) is 16.8 Å². The lowest BCUT2D eigenvalue weighted by Gasteiger charge is -2.11. The first-order valence-electron chi connectivity index (χ1n) is 5.42. The Morgan fingerprint density at radius 1 is 1.47 bits per heavy atom. The molecule has 0 bridgehead atoms. The minimum absolute atomic E-state index is 0.0614. The molecule has 0 aliphatic rings. The molecule has 0 saturated carbocycles. The molecule has 0 spiro atoms. The number of thioether (sulfide) groups is 1. The van der Waals surface area contributed by atoms with E-state index >= 15 is 0 Å². The smallest absolute Gasteiger partial charge is 0.333 e. The minimum Gasteiger partial charge on any atom is -0.460 e. The van der Waals surface area contributed by atoms with Crippen LogP contribution in [0.15, 0.2) is 39.3 Å². The summed E-state index contributed by atoms with van der Waals surface area (Å²) in [5.74, 6) is 0.476. The van der Waals surface area contributed by atoms with Crippen molar-refractivity contribution in [3.8, 4) is 0 Å². The zero-order valence-corrected chi connectivity index (χ0v) is 15.9. The number of carbonyl (C=O) groups excluding carboxylic acids is 1. The normalized spacial score (nSPS) is 12.0. The van der Waals surface area contributed by atoms with E-state index in [9.17, 15) is 4.79 Å². The number of hydrogen-bond donors (Lipinski definition) is 0. The maximum Gasteiger partial charge on any atom is 0.333 e. The maximum atomic E-state index is 11.2. The topological polar surface area (TPSA) is 26.3 Å². The molecular weight excluding hydrogens is 460 g/mol. The molecule has 6 heteroatoms. The number of hydrogen-bond acceptors (Lipinski definition) is 3. The third-order valence-corrected chi connectivity index (χ3v) is 5.39. The van der Waals surface area contributed by atoms with Gasteiger partial charge in [0.1, 0.15) is 6.61 Å². The van der Waals surface area contributed by atoms with Gasteiger partial charge in [0.25, 0.3) is 0 Å². The summed E-state index contributed by atoms with van der Waals surface area (Å²) in [5, 5.41) is 0. The Hall–Kier alpha value is 0.220. The molecule has 0 N–H and O–H groups in total. The molecule has 0 aromatic heterocycles. The molecule has 1 aromatic rings. The molecule has 1 rings (SSSR count). The molecule has 0 heterocycles. The highest BCUT2D eigenvalue weighted by molar-refractivity contribution is 9.11. The Bertz CT molecular complexity index is 477. The Morgan fingerprint density at radius 3 is 2.74 bits per heavy atom. The van der Waals surface area contributed by atoms with Gasteiger partial charge in [-0.1, -0.05) is 60.4 Å². The summed E-state index contributed by atoms with van der Waals surface area (Å²) in [5.41, 5.74) is 1.62. The number of rotatable bonds is 6. The quantitative estimate of drug-likeness (QED) is 0.320. The first-order valence-corrected chi connectivity index (χ1v) is 8.97. The second-order valence-corrected chi connectivity index (χ2v) is 8.51. The fourth-order valence-corrected chi connectivity index (χ4v) is 3.81. The predicted octanol–water partition coefficient (Wildman–Crippen LogP) is 5.29. The molecule has 0 saturated heterocycles. The molecule has 0 amide bonds. The summed E-state index contributed by atoms with van der Waals surface area (Å²) in [4.78, 5) is 11.2. The molecule has 1 atom stereocenters. The maximum absolute atomic E-state index is 11.2. The number of benzene rings is 1. The molecular formula is C13H13Br3O2S. The van der Waals surface area contributed by atoms with Crippen LogP contribution in [-0.2, 0) is 15.3 Å². The number of alkyl halides is 1. The monoisotopic (exact) mass is 470 g/mol. The van der Waals surface area contributed by atoms with Gasteiger partial charge in [-0.3, -0.25) is 0 Å². The number of ether oxygens (including phenoxy) is 1. The molecule has 104 valence electrons. The highest BCUT2D eigenvalue weighted by Gasteiger charge is 2.11. The van der Waals surface area contributed by atoms with Gasteiger partial charge in [-0.15, -0.1) is 11.8 Å². The zero-order valence-electron chi connectivity index (χ0n) is 10.3. The van der Waals surface area contributed by atoms with Gasteiger partial charge < -0.3 is 4.74 Å². The van der Waals surface area contributed by atoms with Gasteiger partial charge in [0, 0.05) is 20.3 Å². The fraction of sp³-hybridized carbons (Fsp3) is 0.308. The lowest BCUT2D eigenvalue weighted by molar-refractivity contribution is -0.138. The van der Waals surface area contributed by atoms with E-state index in [1.54, 1.807) is 18.7 Å². The molecule has 0 radical (unpaired) electrons. The standard InChI is InChI=1S/C13H13Br3O2S/c1-8(2)13(17)18-6-12(16)19-7-9-3-4-10(14)5-11(9)15/h3-5,12H,1,6-7H2,2H3. The highest BCUT2D eigenvalue weighted by Crippen LogP contribution is 2.29. The minimum atomic E-state index is -0.352. The van der Waals surface area contributed by atoms with Crippen molar-refractivity contribution in [1.29, 1.82) is 0 Å². The van der Waals surface area contributed by atoms with Crippen LogP contribution in [0.1, 0.15) is 12.5 Å². The summed E-state index contributed by atoms with van der Waals surface area (Å²) >= 11 is 12.1. The van der Waals surface area contributed by atoms with Crippen LogP contribution in [-0.4, -0.2) is 16.7 Å². The SMILES string of the molecule is C=C(C)C(=O)OCC(Br)SCc1ccc(Br)cc1Br. The van der Waals surface area contributed by atoms with E-state index in [-0.39, 0.29) is 10.1 Å². The van der Waals surface area contributed by atoms with Gasteiger partial charge in [0.05, 0.1) is 4.16 Å². The van der Waals surface area contributed by atoms with E-state index in [1.807, 2.05) is 12.1 Å². The van der Waals surface area contributed by atoms with Crippen LogP contribution in [0.4, 0.5) is 0 Å². The molecule has 0 aliphatic heterocycles. The molecule has 1 aromatic carbocycles. The van der Waals surface area contributed by atoms with Crippen LogP contribution in [0.5, 0.6) is 0 Å². The lowest BCUT2D eigenvalue weighted by Crippen LogP contribution is -2.12. The Labute approximate surface area is 142 Å². The van der Waals surface area contributed by atoms with E-state index in [4.69, 9.17) is 4.74 Å². The summed E-state index contributed by atoms with van der Waals surface area (Å²) in [6.07, 6.45) is 0. The molecule has 19 heavy (non-hydrogen) atoms. The van der Waals surface area contributed by atoms with Gasteiger partial charge in [0.2, 0.25) is 0 Å². The van der Waals surface area contributed by atoms with Crippen molar-refractivity contribution in [2.24, 2.45) is 0 Å². The van der Waals surface area contributed by atoms with Crippen molar-refractivity contribution < 1.29 is 9.53 Å². The predicted molar refractivity (Wildman–Crippen MR) is 91.6 cm³/mol. The van der Waals surface area contributed by atoms with Crippen molar-refractivity contribution in [3.05, 3.63) is 44.9 Å². The van der Waals surface area contributed by atoms with E-state index in [1.165, 1.54) is 5.56 Å². The van der Waals surface area contributed by atoms with Crippen LogP contribution < -0.4 is 0 Å². The zero-order chi connectivity index (χ0) is 14.4. The Balaban J connectivity index is 2.39. The first-order chi connectivity index (χ1) is 8.90. The largest absolute Gasteiger partial charge is 0.460 e. The van der Waals surface area contributed by atoms with Gasteiger partial charge in [-0.05, 0) is 24.6 Å². The van der Waals surface area contributed by atoms with Crippen LogP contribution in [0.2, 0.25) is 0 Å². The van der Waals surface area contributed by atoms with Crippen LogP contribution >= 0.6 is 59.6 Å². The van der Waals surface area contributed by atoms with E-state index in [2.05, 4.69) is 60.4 Å². The van der Waals surface area contributed by atoms with Crippen LogP contribution in [0.3, 0.4) is 0 Å². The second kappa shape index (κ2) is 8.49. The summed E-state index contributed by atoms with van der Waals surface area (Å²) in [6.45, 7) is 5.50. The van der Waals surface area contributed by atoms with Gasteiger partial charge >= 0.3 is 5.97 Å². The van der Waals surface area contributed by atoms with Crippen molar-refractivity contribution in [1.82, 2.24) is 0 Å². The number of esters is 1. The summed E-state index contributed by atoms with van der Waals surface area (Å²) < 4.78 is 7.24. The number of halogens is 3. The third kappa shape index (κ3) is 6.47. The summed E-state index contributed by atoms with van der Waals surface area (Å²) in [7, 11) is 0. The first kappa shape index (κ1) is 17.3. The molecule has 0 fully saturated rings. The Kier molecular flexibility index (Phi) is 7.72. The summed E-state index contributed by atoms with van der Waals surface area (Å²) in [6, 6.07) is 6.08. The average molecular weight is 473 g/mol. The van der Waals surface area contributed by atoms with Crippen molar-refractivity contribution in [2.75, 3.05) is 6.61 Å². The molecule has 0 aliphatic carbocycles. The van der Waals surface area contributed by atoms with Crippen LogP contribution in [0.25, 0.3) is 0 Å². The van der Waals surface area contributed by atoms with Gasteiger partial charge in [-0.2, -0.15) is 0 Å². The fourth-order valence-electron chi connectivity index (χ4n) is 1.13. The Morgan fingerprint density at radius 2 is 2.16 bits per heavy atom. The average Bonchev–Trinajstić information content (AvgIpc) is 2.34. The second-order valence-electron chi connectivity index (χ2n) is 3.84. The van der Waals surface area contributed by atoms with Gasteiger partial charge in [-0.25, -0.2) is 4.79 Å². The van der Waals surface area contributed by atoms with Crippen molar-refractivity contribution >= 4 is 65.5 Å².